The number of hydrogen-bond donors (Lipinski definition) is 1. The molecule has 0 spiro atoms. The summed E-state index contributed by atoms with van der Waals surface area (Å²) >= 11 is 4.91. The number of nitrogens with one attached hydrogen (secondary N) is 1. The van der Waals surface area contributed by atoms with Crippen LogP contribution in [0.2, 0.25) is 0 Å². The molecule has 1 aromatic heterocycles. The van der Waals surface area contributed by atoms with E-state index >= 15 is 0 Å². The van der Waals surface area contributed by atoms with Crippen molar-refractivity contribution in [1.29, 1.82) is 0 Å². The van der Waals surface area contributed by atoms with Crippen molar-refractivity contribution in [2.75, 3.05) is 5.32 Å². The van der Waals surface area contributed by atoms with Gasteiger partial charge in [0.1, 0.15) is 5.82 Å². The molecule has 1 unspecified atom stereocenters. The summed E-state index contributed by atoms with van der Waals surface area (Å²) in [7, 11) is 0. The van der Waals surface area contributed by atoms with Crippen LogP contribution >= 0.6 is 27.3 Å². The molecule has 0 saturated carbocycles. The van der Waals surface area contributed by atoms with Crippen LogP contribution in [0.1, 0.15) is 23.5 Å². The Morgan fingerprint density at radius 3 is 2.81 bits per heavy atom. The monoisotopic (exact) mass is 364 g/mol. The van der Waals surface area contributed by atoms with Gasteiger partial charge in [-0.15, -0.1) is 11.3 Å². The summed E-state index contributed by atoms with van der Waals surface area (Å²) in [5.74, 6) is -0.243. The van der Waals surface area contributed by atoms with E-state index in [1.807, 2.05) is 25.1 Å². The van der Waals surface area contributed by atoms with Crippen molar-refractivity contribution in [2.24, 2.45) is 0 Å². The van der Waals surface area contributed by atoms with Crippen LogP contribution in [-0.2, 0) is 0 Å². The Bertz CT molecular complexity index is 800. The van der Waals surface area contributed by atoms with Crippen LogP contribution in [-0.4, -0.2) is 4.98 Å². The number of fused-ring (bicyclic) bond motifs is 1. The van der Waals surface area contributed by atoms with Crippen molar-refractivity contribution in [3.8, 4) is 0 Å². The molecule has 0 aliphatic rings. The standard InChI is InChI=1S/C16H14BrFN2S/c1-9(11-3-5-14(18)13(17)7-11)19-12-4-6-15-16(8-12)21-10(2)20-15/h3-9,19H,1-2H3. The number of halogens is 2. The molecule has 0 fully saturated rings. The third-order valence-electron chi connectivity index (χ3n) is 3.32. The molecule has 1 heterocycles. The summed E-state index contributed by atoms with van der Waals surface area (Å²) in [6, 6.07) is 11.3. The average molecular weight is 365 g/mol. The molecule has 2 aromatic carbocycles. The van der Waals surface area contributed by atoms with Gasteiger partial charge in [0, 0.05) is 11.7 Å². The lowest BCUT2D eigenvalue weighted by Crippen LogP contribution is -2.06. The number of anilines is 1. The van der Waals surface area contributed by atoms with Gasteiger partial charge in [-0.1, -0.05) is 6.07 Å². The molecule has 0 aliphatic heterocycles. The Labute approximate surface area is 135 Å². The summed E-state index contributed by atoms with van der Waals surface area (Å²) in [6.07, 6.45) is 0. The lowest BCUT2D eigenvalue weighted by molar-refractivity contribution is 0.619. The maximum atomic E-state index is 13.3. The van der Waals surface area contributed by atoms with Gasteiger partial charge in [-0.3, -0.25) is 0 Å². The predicted octanol–water partition coefficient (Wildman–Crippen LogP) is 5.68. The second kappa shape index (κ2) is 5.73. The molecule has 1 atom stereocenters. The van der Waals surface area contributed by atoms with Gasteiger partial charge >= 0.3 is 0 Å². The highest BCUT2D eigenvalue weighted by molar-refractivity contribution is 9.10. The highest BCUT2D eigenvalue weighted by Gasteiger charge is 2.09. The number of thiazole rings is 1. The smallest absolute Gasteiger partial charge is 0.137 e. The minimum atomic E-state index is -0.243. The zero-order chi connectivity index (χ0) is 15.0. The van der Waals surface area contributed by atoms with Gasteiger partial charge in [-0.2, -0.15) is 0 Å². The third-order valence-corrected chi connectivity index (χ3v) is 4.86. The normalized spacial score (nSPS) is 12.6. The Hall–Kier alpha value is -1.46. The van der Waals surface area contributed by atoms with Crippen molar-refractivity contribution in [1.82, 2.24) is 4.98 Å². The van der Waals surface area contributed by atoms with E-state index < -0.39 is 0 Å². The lowest BCUT2D eigenvalue weighted by Gasteiger charge is -2.16. The molecule has 2 nitrogen and oxygen atoms in total. The van der Waals surface area contributed by atoms with E-state index in [2.05, 4.69) is 39.2 Å². The van der Waals surface area contributed by atoms with Crippen LogP contribution in [0.4, 0.5) is 10.1 Å². The maximum Gasteiger partial charge on any atom is 0.137 e. The summed E-state index contributed by atoms with van der Waals surface area (Å²) in [4.78, 5) is 4.46. The molecule has 21 heavy (non-hydrogen) atoms. The van der Waals surface area contributed by atoms with E-state index in [9.17, 15) is 4.39 Å². The molecule has 108 valence electrons. The first-order chi connectivity index (χ1) is 10.0. The number of rotatable bonds is 3. The van der Waals surface area contributed by atoms with Crippen LogP contribution < -0.4 is 5.32 Å². The van der Waals surface area contributed by atoms with Gasteiger partial charge in [-0.25, -0.2) is 9.37 Å². The molecular weight excluding hydrogens is 351 g/mol. The summed E-state index contributed by atoms with van der Waals surface area (Å²) in [5, 5.41) is 4.51. The highest BCUT2D eigenvalue weighted by atomic mass is 79.9. The van der Waals surface area contributed by atoms with Crippen molar-refractivity contribution < 1.29 is 4.39 Å². The summed E-state index contributed by atoms with van der Waals surface area (Å²) in [5.41, 5.74) is 3.10. The molecule has 0 saturated heterocycles. The number of aryl methyl sites for hydroxylation is 1. The zero-order valence-corrected chi connectivity index (χ0v) is 14.1. The Kier molecular flexibility index (Phi) is 3.95. The highest BCUT2D eigenvalue weighted by Crippen LogP contribution is 2.28. The minimum Gasteiger partial charge on any atom is -0.378 e. The molecule has 0 aliphatic carbocycles. The fraction of sp³-hybridized carbons (Fsp3) is 0.188. The van der Waals surface area contributed by atoms with Gasteiger partial charge in [0.2, 0.25) is 0 Å². The first-order valence-corrected chi connectivity index (χ1v) is 8.22. The van der Waals surface area contributed by atoms with Crippen LogP contribution in [0.15, 0.2) is 40.9 Å². The third kappa shape index (κ3) is 3.09. The van der Waals surface area contributed by atoms with Crippen LogP contribution in [0.25, 0.3) is 10.2 Å². The van der Waals surface area contributed by atoms with Gasteiger partial charge in [0.15, 0.2) is 0 Å². The first-order valence-electron chi connectivity index (χ1n) is 6.61. The molecule has 3 aromatic rings. The van der Waals surface area contributed by atoms with Crippen LogP contribution in [0, 0.1) is 12.7 Å². The zero-order valence-electron chi connectivity index (χ0n) is 11.7. The molecule has 0 radical (unpaired) electrons. The Morgan fingerprint density at radius 2 is 2.05 bits per heavy atom. The quantitative estimate of drug-likeness (QED) is 0.646. The largest absolute Gasteiger partial charge is 0.378 e. The van der Waals surface area contributed by atoms with E-state index in [0.717, 1.165) is 21.8 Å². The predicted molar refractivity (Wildman–Crippen MR) is 90.5 cm³/mol. The topological polar surface area (TPSA) is 24.9 Å². The van der Waals surface area contributed by atoms with E-state index in [1.54, 1.807) is 17.4 Å². The summed E-state index contributed by atoms with van der Waals surface area (Å²) in [6.45, 7) is 4.07. The Morgan fingerprint density at radius 1 is 1.24 bits per heavy atom. The fourth-order valence-electron chi connectivity index (χ4n) is 2.24. The van der Waals surface area contributed by atoms with Gasteiger partial charge in [0.25, 0.3) is 0 Å². The van der Waals surface area contributed by atoms with E-state index in [1.165, 1.54) is 10.8 Å². The molecule has 1 N–H and O–H groups in total. The lowest BCUT2D eigenvalue weighted by atomic mass is 10.1. The minimum absolute atomic E-state index is 0.0911. The number of aromatic nitrogens is 1. The van der Waals surface area contributed by atoms with Gasteiger partial charge in [0.05, 0.1) is 19.7 Å². The van der Waals surface area contributed by atoms with Crippen molar-refractivity contribution in [3.63, 3.8) is 0 Å². The van der Waals surface area contributed by atoms with Crippen molar-refractivity contribution >= 4 is 43.2 Å². The average Bonchev–Trinajstić information content (AvgIpc) is 2.81. The second-order valence-corrected chi connectivity index (χ2v) is 7.04. The van der Waals surface area contributed by atoms with Crippen LogP contribution in [0.3, 0.4) is 0 Å². The van der Waals surface area contributed by atoms with Gasteiger partial charge < -0.3 is 5.32 Å². The summed E-state index contributed by atoms with van der Waals surface area (Å²) < 4.78 is 15.0. The number of nitrogens with zero attached hydrogens (tertiary/aromatic N) is 1. The molecule has 5 heteroatoms. The van der Waals surface area contributed by atoms with E-state index in [0.29, 0.717) is 4.47 Å². The fourth-order valence-corrected chi connectivity index (χ4v) is 3.51. The second-order valence-electron chi connectivity index (χ2n) is 4.95. The number of benzene rings is 2. The molecule has 0 bridgehead atoms. The maximum absolute atomic E-state index is 13.3. The van der Waals surface area contributed by atoms with Crippen molar-refractivity contribution in [3.05, 3.63) is 57.3 Å². The first kappa shape index (κ1) is 14.5. The molecular formula is C16H14BrFN2S. The SMILES string of the molecule is Cc1nc2ccc(NC(C)c3ccc(F)c(Br)c3)cc2s1. The van der Waals surface area contributed by atoms with Gasteiger partial charge in [-0.05, 0) is 65.7 Å². The van der Waals surface area contributed by atoms with Crippen molar-refractivity contribution in [2.45, 2.75) is 19.9 Å². The van der Waals surface area contributed by atoms with Crippen LogP contribution in [0.5, 0.6) is 0 Å². The molecule has 3 rings (SSSR count). The Balaban J connectivity index is 1.84. The number of hydrogen-bond acceptors (Lipinski definition) is 3. The molecule has 0 amide bonds. The van der Waals surface area contributed by atoms with E-state index in [4.69, 9.17) is 0 Å². The van der Waals surface area contributed by atoms with E-state index in [-0.39, 0.29) is 11.9 Å².